The third kappa shape index (κ3) is 4.96. The average Bonchev–Trinajstić information content (AvgIpc) is 2.75. The molecule has 3 aromatic carbocycles. The number of hydrazone groups is 1. The van der Waals surface area contributed by atoms with Gasteiger partial charge in [0, 0.05) is 12.6 Å². The summed E-state index contributed by atoms with van der Waals surface area (Å²) in [5.74, 6) is -0.304. The molecule has 0 aliphatic rings. The van der Waals surface area contributed by atoms with E-state index in [0.29, 0.717) is 11.3 Å². The number of methoxy groups -OCH3 is 1. The Morgan fingerprint density at radius 3 is 2.68 bits per heavy atom. The molecule has 0 aromatic heterocycles. The quantitative estimate of drug-likeness (QED) is 0.415. The van der Waals surface area contributed by atoms with E-state index in [1.807, 2.05) is 24.3 Å². The number of likely N-dealkylation sites (N-methyl/N-ethyl adjacent to an activating group) is 1. The van der Waals surface area contributed by atoms with Gasteiger partial charge in [0.25, 0.3) is 5.91 Å². The number of hydrogen-bond acceptors (Lipinski definition) is 6. The molecule has 0 fully saturated rings. The third-order valence-electron chi connectivity index (χ3n) is 4.53. The molecule has 0 unspecified atom stereocenters. The molecule has 2 N–H and O–H groups in total. The Kier molecular flexibility index (Phi) is 6.79. The van der Waals surface area contributed by atoms with Gasteiger partial charge in [-0.1, -0.05) is 41.9 Å². The number of rotatable bonds is 7. The van der Waals surface area contributed by atoms with Crippen molar-refractivity contribution in [1.29, 1.82) is 0 Å². The predicted octanol–water partition coefficient (Wildman–Crippen LogP) is 2.98. The molecule has 10 heteroatoms. The van der Waals surface area contributed by atoms with Crippen molar-refractivity contribution in [3.8, 4) is 11.5 Å². The minimum absolute atomic E-state index is 0.00720. The third-order valence-corrected chi connectivity index (χ3v) is 6.62. The lowest BCUT2D eigenvalue weighted by Crippen LogP contribution is -2.36. The maximum absolute atomic E-state index is 12.7. The maximum atomic E-state index is 12.7. The topological polar surface area (TPSA) is 108 Å². The number of benzene rings is 3. The highest BCUT2D eigenvalue weighted by Gasteiger charge is 2.24. The van der Waals surface area contributed by atoms with Gasteiger partial charge in [0.2, 0.25) is 10.0 Å². The SMILES string of the molecule is COc1ccc(S(=O)(=O)N(C)CC(=O)NN=Cc2c(O)ccc3ccccc23)cc1Cl. The van der Waals surface area contributed by atoms with Crippen molar-refractivity contribution in [1.82, 2.24) is 9.73 Å². The largest absolute Gasteiger partial charge is 0.507 e. The summed E-state index contributed by atoms with van der Waals surface area (Å²) in [5.41, 5.74) is 2.71. The van der Waals surface area contributed by atoms with Crippen molar-refractivity contribution in [3.05, 3.63) is 65.2 Å². The molecule has 0 aliphatic heterocycles. The molecule has 0 radical (unpaired) electrons. The highest BCUT2D eigenvalue weighted by atomic mass is 35.5. The number of phenolic OH excluding ortho intramolecular Hbond substituents is 1. The van der Waals surface area contributed by atoms with Crippen LogP contribution < -0.4 is 10.2 Å². The van der Waals surface area contributed by atoms with Crippen LogP contribution in [0.5, 0.6) is 11.5 Å². The minimum atomic E-state index is -3.95. The zero-order valence-corrected chi connectivity index (χ0v) is 18.3. The standard InChI is InChI=1S/C21H20ClN3O5S/c1-25(31(28,29)15-8-10-20(30-2)18(22)11-15)13-21(27)24-23-12-17-16-6-4-3-5-14(16)7-9-19(17)26/h3-12,26H,13H2,1-2H3,(H,24,27). The van der Waals surface area contributed by atoms with Crippen LogP contribution in [-0.4, -0.2) is 50.7 Å². The number of aromatic hydroxyl groups is 1. The van der Waals surface area contributed by atoms with Crippen LogP contribution in [0.3, 0.4) is 0 Å². The number of nitrogens with one attached hydrogen (secondary N) is 1. The van der Waals surface area contributed by atoms with Crippen LogP contribution in [0.2, 0.25) is 5.02 Å². The van der Waals surface area contributed by atoms with E-state index in [0.717, 1.165) is 15.1 Å². The van der Waals surface area contributed by atoms with E-state index < -0.39 is 22.5 Å². The highest BCUT2D eigenvalue weighted by Crippen LogP contribution is 2.28. The van der Waals surface area contributed by atoms with Crippen LogP contribution in [-0.2, 0) is 14.8 Å². The van der Waals surface area contributed by atoms with Crippen LogP contribution in [0.4, 0.5) is 0 Å². The summed E-state index contributed by atoms with van der Waals surface area (Å²) in [6.45, 7) is -0.467. The van der Waals surface area contributed by atoms with Gasteiger partial charge in [-0.15, -0.1) is 0 Å². The molecular formula is C21H20ClN3O5S. The molecule has 0 heterocycles. The number of phenols is 1. The number of halogens is 1. The van der Waals surface area contributed by atoms with Gasteiger partial charge in [-0.2, -0.15) is 9.41 Å². The number of ether oxygens (including phenoxy) is 1. The van der Waals surface area contributed by atoms with Gasteiger partial charge in [-0.3, -0.25) is 4.79 Å². The van der Waals surface area contributed by atoms with Crippen molar-refractivity contribution in [3.63, 3.8) is 0 Å². The first-order chi connectivity index (χ1) is 14.7. The molecule has 8 nitrogen and oxygen atoms in total. The van der Waals surface area contributed by atoms with Gasteiger partial charge in [0.1, 0.15) is 11.5 Å². The lowest BCUT2D eigenvalue weighted by Gasteiger charge is -2.16. The fraction of sp³-hybridized carbons (Fsp3) is 0.143. The molecule has 162 valence electrons. The molecule has 1 amide bonds. The van der Waals surface area contributed by atoms with Gasteiger partial charge in [0.05, 0.1) is 29.8 Å². The van der Waals surface area contributed by atoms with E-state index in [4.69, 9.17) is 16.3 Å². The number of carbonyl (C=O) groups is 1. The van der Waals surface area contributed by atoms with E-state index in [9.17, 15) is 18.3 Å². The number of nitrogens with zero attached hydrogens (tertiary/aromatic N) is 2. The van der Waals surface area contributed by atoms with Crippen LogP contribution in [0.25, 0.3) is 10.8 Å². The first kappa shape index (κ1) is 22.5. The zero-order chi connectivity index (χ0) is 22.6. The molecule has 0 bridgehead atoms. The van der Waals surface area contributed by atoms with Crippen molar-refractivity contribution >= 4 is 44.5 Å². The van der Waals surface area contributed by atoms with Gasteiger partial charge in [-0.05, 0) is 35.0 Å². The van der Waals surface area contributed by atoms with Crippen molar-refractivity contribution in [2.75, 3.05) is 20.7 Å². The molecule has 0 atom stereocenters. The molecule has 0 saturated carbocycles. The zero-order valence-electron chi connectivity index (χ0n) is 16.7. The van der Waals surface area contributed by atoms with E-state index in [2.05, 4.69) is 10.5 Å². The molecule has 3 rings (SSSR count). The smallest absolute Gasteiger partial charge is 0.255 e. The Labute approximate surface area is 184 Å². The van der Waals surface area contributed by atoms with E-state index in [1.165, 1.54) is 44.6 Å². The van der Waals surface area contributed by atoms with Crippen LogP contribution >= 0.6 is 11.6 Å². The fourth-order valence-electron chi connectivity index (χ4n) is 2.90. The Bertz CT molecular complexity index is 1260. The minimum Gasteiger partial charge on any atom is -0.507 e. The summed E-state index contributed by atoms with van der Waals surface area (Å²) in [5, 5.41) is 15.8. The van der Waals surface area contributed by atoms with Crippen molar-refractivity contribution in [2.45, 2.75) is 4.90 Å². The first-order valence-electron chi connectivity index (χ1n) is 9.06. The average molecular weight is 462 g/mol. The number of fused-ring (bicyclic) bond motifs is 1. The van der Waals surface area contributed by atoms with Crippen LogP contribution in [0, 0.1) is 0 Å². The van der Waals surface area contributed by atoms with Crippen LogP contribution in [0.1, 0.15) is 5.56 Å². The maximum Gasteiger partial charge on any atom is 0.255 e. The lowest BCUT2D eigenvalue weighted by atomic mass is 10.0. The number of carbonyl (C=O) groups excluding carboxylic acids is 1. The van der Waals surface area contributed by atoms with Gasteiger partial charge in [-0.25, -0.2) is 13.8 Å². The molecule has 0 spiro atoms. The molecule has 0 aliphatic carbocycles. The molecule has 3 aromatic rings. The summed E-state index contributed by atoms with van der Waals surface area (Å²) >= 11 is 6.00. The second kappa shape index (κ2) is 9.34. The second-order valence-electron chi connectivity index (χ2n) is 6.57. The van der Waals surface area contributed by atoms with Crippen molar-refractivity contribution < 1.29 is 23.1 Å². The lowest BCUT2D eigenvalue weighted by molar-refractivity contribution is -0.121. The normalized spacial score (nSPS) is 11.9. The van der Waals surface area contributed by atoms with Gasteiger partial charge < -0.3 is 9.84 Å². The van der Waals surface area contributed by atoms with Gasteiger partial charge in [0.15, 0.2) is 0 Å². The molecule has 0 saturated heterocycles. The summed E-state index contributed by atoms with van der Waals surface area (Å²) in [6.07, 6.45) is 1.31. The van der Waals surface area contributed by atoms with E-state index >= 15 is 0 Å². The summed E-state index contributed by atoms with van der Waals surface area (Å²) in [7, 11) is -1.26. The Morgan fingerprint density at radius 1 is 1.23 bits per heavy atom. The van der Waals surface area contributed by atoms with Crippen molar-refractivity contribution in [2.24, 2.45) is 5.10 Å². The Hall–Kier alpha value is -3.14. The van der Waals surface area contributed by atoms with Gasteiger partial charge >= 0.3 is 0 Å². The second-order valence-corrected chi connectivity index (χ2v) is 9.02. The summed E-state index contributed by atoms with van der Waals surface area (Å²) in [6, 6.07) is 14.7. The molecular weight excluding hydrogens is 442 g/mol. The number of amides is 1. The van der Waals surface area contributed by atoms with E-state index in [1.54, 1.807) is 6.07 Å². The Balaban J connectivity index is 1.70. The highest BCUT2D eigenvalue weighted by molar-refractivity contribution is 7.89. The first-order valence-corrected chi connectivity index (χ1v) is 10.9. The number of hydrogen-bond donors (Lipinski definition) is 2. The molecule has 31 heavy (non-hydrogen) atoms. The number of sulfonamides is 1. The van der Waals surface area contributed by atoms with Crippen LogP contribution in [0.15, 0.2) is 64.6 Å². The fourth-order valence-corrected chi connectivity index (χ4v) is 4.37. The predicted molar refractivity (Wildman–Crippen MR) is 119 cm³/mol. The van der Waals surface area contributed by atoms with E-state index in [-0.39, 0.29) is 15.7 Å². The monoisotopic (exact) mass is 461 g/mol. The Morgan fingerprint density at radius 2 is 1.97 bits per heavy atom. The summed E-state index contributed by atoms with van der Waals surface area (Å²) in [4.78, 5) is 12.1. The summed E-state index contributed by atoms with van der Waals surface area (Å²) < 4.78 is 31.3.